The molecule has 0 radical (unpaired) electrons. The van der Waals surface area contributed by atoms with Crippen LogP contribution in [0.15, 0.2) is 0 Å². The first-order valence-electron chi connectivity index (χ1n) is 5.87. The second kappa shape index (κ2) is 6.80. The monoisotopic (exact) mass is 214 g/mol. The minimum absolute atomic E-state index is 0.131. The van der Waals surface area contributed by atoms with Crippen LogP contribution in [0.5, 0.6) is 0 Å². The average Bonchev–Trinajstić information content (AvgIpc) is 2.29. The Morgan fingerprint density at radius 3 is 2.60 bits per heavy atom. The Morgan fingerprint density at radius 1 is 1.40 bits per heavy atom. The summed E-state index contributed by atoms with van der Waals surface area (Å²) < 4.78 is 5.16. The highest BCUT2D eigenvalue weighted by Crippen LogP contribution is 2.11. The summed E-state index contributed by atoms with van der Waals surface area (Å²) in [5, 5.41) is 3.31. The molecule has 0 atom stereocenters. The number of rotatable bonds is 5. The summed E-state index contributed by atoms with van der Waals surface area (Å²) in [5.41, 5.74) is 0. The molecule has 0 aromatic heterocycles. The molecule has 0 aromatic carbocycles. The third-order valence-electron chi connectivity index (χ3n) is 2.84. The molecule has 1 aliphatic rings. The van der Waals surface area contributed by atoms with E-state index in [1.807, 2.05) is 18.7 Å². The van der Waals surface area contributed by atoms with E-state index < -0.39 is 0 Å². The van der Waals surface area contributed by atoms with Crippen LogP contribution in [-0.2, 0) is 9.53 Å². The van der Waals surface area contributed by atoms with E-state index in [1.165, 1.54) is 0 Å². The lowest BCUT2D eigenvalue weighted by molar-refractivity contribution is -0.138. The second-order valence-corrected chi connectivity index (χ2v) is 3.80. The summed E-state index contributed by atoms with van der Waals surface area (Å²) in [4.78, 5) is 13.8. The maximum Gasteiger partial charge on any atom is 0.248 e. The standard InChI is InChI=1S/C11H22N2O2/c1-3-13(11(14)9-15-4-2)10-5-7-12-8-6-10/h10,12H,3-9H2,1-2H3. The number of amides is 1. The molecule has 0 aromatic rings. The fraction of sp³-hybridized carbons (Fsp3) is 0.909. The van der Waals surface area contributed by atoms with Crippen LogP contribution in [-0.4, -0.2) is 49.7 Å². The topological polar surface area (TPSA) is 41.6 Å². The molecule has 0 bridgehead atoms. The van der Waals surface area contributed by atoms with Crippen molar-refractivity contribution in [2.75, 3.05) is 32.8 Å². The van der Waals surface area contributed by atoms with Crippen LogP contribution in [0.3, 0.4) is 0 Å². The highest BCUT2D eigenvalue weighted by molar-refractivity contribution is 5.77. The zero-order valence-electron chi connectivity index (χ0n) is 9.79. The average molecular weight is 214 g/mol. The van der Waals surface area contributed by atoms with Crippen molar-refractivity contribution in [1.29, 1.82) is 0 Å². The van der Waals surface area contributed by atoms with Crippen molar-refractivity contribution in [2.24, 2.45) is 0 Å². The lowest BCUT2D eigenvalue weighted by Crippen LogP contribution is -2.47. The van der Waals surface area contributed by atoms with Crippen molar-refractivity contribution in [1.82, 2.24) is 10.2 Å². The minimum atomic E-state index is 0.131. The van der Waals surface area contributed by atoms with E-state index in [9.17, 15) is 4.79 Å². The SMILES string of the molecule is CCOCC(=O)N(CC)C1CCNCC1. The van der Waals surface area contributed by atoms with Gasteiger partial charge in [-0.15, -0.1) is 0 Å². The van der Waals surface area contributed by atoms with E-state index in [4.69, 9.17) is 4.74 Å². The number of ether oxygens (including phenoxy) is 1. The largest absolute Gasteiger partial charge is 0.372 e. The smallest absolute Gasteiger partial charge is 0.248 e. The highest BCUT2D eigenvalue weighted by Gasteiger charge is 2.23. The van der Waals surface area contributed by atoms with Crippen molar-refractivity contribution in [2.45, 2.75) is 32.7 Å². The molecule has 1 N–H and O–H groups in total. The lowest BCUT2D eigenvalue weighted by Gasteiger charge is -2.33. The van der Waals surface area contributed by atoms with Crippen LogP contribution in [0.25, 0.3) is 0 Å². The van der Waals surface area contributed by atoms with Crippen molar-refractivity contribution in [3.63, 3.8) is 0 Å². The number of nitrogens with zero attached hydrogens (tertiary/aromatic N) is 1. The first-order chi connectivity index (χ1) is 7.29. The summed E-state index contributed by atoms with van der Waals surface area (Å²) in [5.74, 6) is 0.131. The Bertz CT molecular complexity index is 191. The predicted molar refractivity (Wildman–Crippen MR) is 59.8 cm³/mol. The number of carbonyl (C=O) groups is 1. The first kappa shape index (κ1) is 12.5. The molecular weight excluding hydrogens is 192 g/mol. The van der Waals surface area contributed by atoms with Crippen LogP contribution in [0, 0.1) is 0 Å². The molecule has 1 aliphatic heterocycles. The Morgan fingerprint density at radius 2 is 2.07 bits per heavy atom. The predicted octanol–water partition coefficient (Wildman–Crippen LogP) is 0.623. The summed E-state index contributed by atoms with van der Waals surface area (Å²) in [6.45, 7) is 7.60. The molecule has 1 rings (SSSR count). The van der Waals surface area contributed by atoms with Gasteiger partial charge in [0.15, 0.2) is 0 Å². The molecule has 1 fully saturated rings. The van der Waals surface area contributed by atoms with Crippen LogP contribution >= 0.6 is 0 Å². The maximum atomic E-state index is 11.8. The van der Waals surface area contributed by atoms with Gasteiger partial charge in [0.1, 0.15) is 6.61 Å². The van der Waals surface area contributed by atoms with Crippen molar-refractivity contribution >= 4 is 5.91 Å². The first-order valence-corrected chi connectivity index (χ1v) is 5.87. The number of nitrogens with one attached hydrogen (secondary N) is 1. The molecule has 0 spiro atoms. The van der Waals surface area contributed by atoms with Gasteiger partial charge in [-0.25, -0.2) is 0 Å². The van der Waals surface area contributed by atoms with E-state index in [0.29, 0.717) is 12.6 Å². The maximum absolute atomic E-state index is 11.8. The molecule has 1 heterocycles. The van der Waals surface area contributed by atoms with Crippen molar-refractivity contribution in [3.05, 3.63) is 0 Å². The second-order valence-electron chi connectivity index (χ2n) is 3.80. The normalized spacial score (nSPS) is 17.7. The molecule has 0 aliphatic carbocycles. The Labute approximate surface area is 92.0 Å². The molecule has 0 unspecified atom stereocenters. The van der Waals surface area contributed by atoms with Gasteiger partial charge in [0.25, 0.3) is 0 Å². The summed E-state index contributed by atoms with van der Waals surface area (Å²) in [6, 6.07) is 0.407. The van der Waals surface area contributed by atoms with Crippen LogP contribution in [0.1, 0.15) is 26.7 Å². The molecule has 15 heavy (non-hydrogen) atoms. The zero-order valence-corrected chi connectivity index (χ0v) is 9.79. The van der Waals surface area contributed by atoms with Gasteiger partial charge in [-0.05, 0) is 39.8 Å². The third kappa shape index (κ3) is 3.80. The van der Waals surface area contributed by atoms with Gasteiger partial charge >= 0.3 is 0 Å². The molecular formula is C11H22N2O2. The van der Waals surface area contributed by atoms with Crippen LogP contribution in [0.4, 0.5) is 0 Å². The quantitative estimate of drug-likeness (QED) is 0.729. The van der Waals surface area contributed by atoms with E-state index in [0.717, 1.165) is 32.5 Å². The van der Waals surface area contributed by atoms with Crippen LogP contribution in [0.2, 0.25) is 0 Å². The summed E-state index contributed by atoms with van der Waals surface area (Å²) in [6.07, 6.45) is 2.12. The Kier molecular flexibility index (Phi) is 5.65. The van der Waals surface area contributed by atoms with Crippen molar-refractivity contribution < 1.29 is 9.53 Å². The third-order valence-corrected chi connectivity index (χ3v) is 2.84. The Balaban J connectivity index is 2.41. The number of carbonyl (C=O) groups excluding carboxylic acids is 1. The van der Waals surface area contributed by atoms with Crippen molar-refractivity contribution in [3.8, 4) is 0 Å². The molecule has 1 amide bonds. The highest BCUT2D eigenvalue weighted by atomic mass is 16.5. The fourth-order valence-electron chi connectivity index (χ4n) is 2.03. The molecule has 1 saturated heterocycles. The lowest BCUT2D eigenvalue weighted by atomic mass is 10.0. The Hall–Kier alpha value is -0.610. The molecule has 88 valence electrons. The van der Waals surface area contributed by atoms with Gasteiger partial charge < -0.3 is 15.0 Å². The molecule has 0 saturated carbocycles. The van der Waals surface area contributed by atoms with Crippen LogP contribution < -0.4 is 5.32 Å². The van der Waals surface area contributed by atoms with E-state index in [-0.39, 0.29) is 12.5 Å². The number of piperidine rings is 1. The number of hydrogen-bond donors (Lipinski definition) is 1. The molecule has 4 heteroatoms. The van der Waals surface area contributed by atoms with E-state index >= 15 is 0 Å². The van der Waals surface area contributed by atoms with Gasteiger partial charge in [-0.1, -0.05) is 0 Å². The molecule has 4 nitrogen and oxygen atoms in total. The van der Waals surface area contributed by atoms with E-state index in [1.54, 1.807) is 0 Å². The van der Waals surface area contributed by atoms with Gasteiger partial charge in [0.05, 0.1) is 0 Å². The summed E-state index contributed by atoms with van der Waals surface area (Å²) >= 11 is 0. The van der Waals surface area contributed by atoms with Gasteiger partial charge in [-0.2, -0.15) is 0 Å². The fourth-order valence-corrected chi connectivity index (χ4v) is 2.03. The zero-order chi connectivity index (χ0) is 11.1. The summed E-state index contributed by atoms with van der Waals surface area (Å²) in [7, 11) is 0. The van der Waals surface area contributed by atoms with Gasteiger partial charge in [0, 0.05) is 19.2 Å². The van der Waals surface area contributed by atoms with Gasteiger partial charge in [0.2, 0.25) is 5.91 Å². The van der Waals surface area contributed by atoms with E-state index in [2.05, 4.69) is 5.32 Å². The minimum Gasteiger partial charge on any atom is -0.372 e. The number of likely N-dealkylation sites (N-methyl/N-ethyl adjacent to an activating group) is 1. The number of hydrogen-bond acceptors (Lipinski definition) is 3. The van der Waals surface area contributed by atoms with Gasteiger partial charge in [-0.3, -0.25) is 4.79 Å².